The van der Waals surface area contributed by atoms with Gasteiger partial charge in [0.15, 0.2) is 9.84 Å². The molecule has 0 unspecified atom stereocenters. The van der Waals surface area contributed by atoms with E-state index in [1.54, 1.807) is 0 Å². The lowest BCUT2D eigenvalue weighted by atomic mass is 10.4. The van der Waals surface area contributed by atoms with E-state index in [0.29, 0.717) is 5.75 Å². The van der Waals surface area contributed by atoms with Crippen LogP contribution in [0.4, 0.5) is 0 Å². The minimum absolute atomic E-state index is 0.135. The second-order valence-electron chi connectivity index (χ2n) is 3.68. The first-order chi connectivity index (χ1) is 8.77. The summed E-state index contributed by atoms with van der Waals surface area (Å²) in [6, 6.07) is 5.70. The van der Waals surface area contributed by atoms with Crippen LogP contribution >= 0.6 is 11.9 Å². The molecule has 0 aliphatic heterocycles. The van der Waals surface area contributed by atoms with Gasteiger partial charge in [-0.15, -0.1) is 3.71 Å². The fourth-order valence-corrected chi connectivity index (χ4v) is 5.46. The van der Waals surface area contributed by atoms with Crippen LogP contribution in [0, 0.1) is 0 Å². The SMILES string of the molecule is CCSN(C)S(=O)(=O)c1ccccc1S(=O)(=O)CC. The van der Waals surface area contributed by atoms with Gasteiger partial charge in [0.1, 0.15) is 4.90 Å². The molecular formula is C11H17NO4S3. The standard InChI is InChI=1S/C11H17NO4S3/c1-4-17-12(3)19(15,16)11-9-7-6-8-10(11)18(13,14)5-2/h6-9H,4-5H2,1-3H3. The molecule has 0 spiro atoms. The molecule has 0 heterocycles. The Morgan fingerprint density at radius 2 is 1.58 bits per heavy atom. The van der Waals surface area contributed by atoms with Gasteiger partial charge in [0, 0.05) is 12.8 Å². The van der Waals surface area contributed by atoms with Crippen molar-refractivity contribution >= 4 is 31.8 Å². The van der Waals surface area contributed by atoms with Crippen LogP contribution in [-0.2, 0) is 19.9 Å². The van der Waals surface area contributed by atoms with Crippen molar-refractivity contribution in [3.05, 3.63) is 24.3 Å². The van der Waals surface area contributed by atoms with Crippen molar-refractivity contribution in [3.8, 4) is 0 Å². The van der Waals surface area contributed by atoms with Crippen molar-refractivity contribution in [2.24, 2.45) is 0 Å². The fourth-order valence-electron chi connectivity index (χ4n) is 1.47. The molecule has 8 heteroatoms. The molecule has 0 aliphatic rings. The maximum Gasteiger partial charge on any atom is 0.253 e. The molecule has 108 valence electrons. The fraction of sp³-hybridized carbons (Fsp3) is 0.455. The Morgan fingerprint density at radius 3 is 2.05 bits per heavy atom. The van der Waals surface area contributed by atoms with Gasteiger partial charge in [0.25, 0.3) is 10.0 Å². The molecule has 1 aromatic rings. The van der Waals surface area contributed by atoms with Crippen LogP contribution in [0.1, 0.15) is 13.8 Å². The first-order valence-electron chi connectivity index (χ1n) is 5.71. The van der Waals surface area contributed by atoms with Crippen molar-refractivity contribution in [3.63, 3.8) is 0 Å². The van der Waals surface area contributed by atoms with E-state index in [0.717, 1.165) is 15.7 Å². The molecule has 0 amide bonds. The Bertz CT molecular complexity index is 638. The first kappa shape index (κ1) is 16.5. The summed E-state index contributed by atoms with van der Waals surface area (Å²) >= 11 is 1.11. The van der Waals surface area contributed by atoms with Gasteiger partial charge in [0.05, 0.1) is 10.6 Å². The van der Waals surface area contributed by atoms with Gasteiger partial charge in [-0.2, -0.15) is 0 Å². The van der Waals surface area contributed by atoms with Crippen LogP contribution in [-0.4, -0.2) is 39.1 Å². The maximum absolute atomic E-state index is 12.3. The highest BCUT2D eigenvalue weighted by Crippen LogP contribution is 2.27. The topological polar surface area (TPSA) is 71.5 Å². The van der Waals surface area contributed by atoms with E-state index in [9.17, 15) is 16.8 Å². The predicted octanol–water partition coefficient (Wildman–Crippen LogP) is 1.77. The van der Waals surface area contributed by atoms with Gasteiger partial charge in [-0.05, 0) is 12.1 Å². The minimum Gasteiger partial charge on any atom is -0.224 e. The number of sulfonamides is 1. The summed E-state index contributed by atoms with van der Waals surface area (Å²) < 4.78 is 49.7. The molecule has 5 nitrogen and oxygen atoms in total. The highest BCUT2D eigenvalue weighted by Gasteiger charge is 2.28. The van der Waals surface area contributed by atoms with Crippen LogP contribution in [0.5, 0.6) is 0 Å². The molecule has 0 saturated carbocycles. The normalized spacial score (nSPS) is 12.8. The summed E-state index contributed by atoms with van der Waals surface area (Å²) in [5.41, 5.74) is 0. The quantitative estimate of drug-likeness (QED) is 0.746. The van der Waals surface area contributed by atoms with Crippen molar-refractivity contribution in [1.82, 2.24) is 3.71 Å². The number of benzene rings is 1. The van der Waals surface area contributed by atoms with Gasteiger partial charge in [-0.3, -0.25) is 0 Å². The van der Waals surface area contributed by atoms with Crippen LogP contribution in [0.25, 0.3) is 0 Å². The Hall–Kier alpha value is -0.570. The minimum atomic E-state index is -3.81. The van der Waals surface area contributed by atoms with E-state index in [2.05, 4.69) is 0 Å². The smallest absolute Gasteiger partial charge is 0.224 e. The number of hydrogen-bond acceptors (Lipinski definition) is 5. The van der Waals surface area contributed by atoms with Crippen LogP contribution in [0.3, 0.4) is 0 Å². The highest BCUT2D eigenvalue weighted by molar-refractivity contribution is 8.08. The third kappa shape index (κ3) is 3.50. The summed E-state index contributed by atoms with van der Waals surface area (Å²) in [4.78, 5) is -0.304. The molecule has 1 aromatic carbocycles. The highest BCUT2D eigenvalue weighted by atomic mass is 32.3. The van der Waals surface area contributed by atoms with Crippen LogP contribution in [0.15, 0.2) is 34.1 Å². The van der Waals surface area contributed by atoms with Gasteiger partial charge in [-0.25, -0.2) is 16.8 Å². The molecular weight excluding hydrogens is 306 g/mol. The summed E-state index contributed by atoms with van der Waals surface area (Å²) in [5.74, 6) is 0.447. The van der Waals surface area contributed by atoms with Gasteiger partial charge < -0.3 is 0 Å². The molecule has 0 aliphatic carbocycles. The zero-order chi connectivity index (χ0) is 14.7. The van der Waals surface area contributed by atoms with E-state index in [1.165, 1.54) is 38.2 Å². The monoisotopic (exact) mass is 323 g/mol. The van der Waals surface area contributed by atoms with Crippen LogP contribution < -0.4 is 0 Å². The number of hydrogen-bond donors (Lipinski definition) is 0. The summed E-state index contributed by atoms with van der Waals surface area (Å²) in [6.07, 6.45) is 0. The molecule has 0 atom stereocenters. The van der Waals surface area contributed by atoms with Gasteiger partial charge in [-0.1, -0.05) is 37.9 Å². The molecule has 0 bridgehead atoms. The number of rotatable bonds is 6. The zero-order valence-corrected chi connectivity index (χ0v) is 13.5. The van der Waals surface area contributed by atoms with E-state index in [-0.39, 0.29) is 15.5 Å². The van der Waals surface area contributed by atoms with Crippen molar-refractivity contribution in [2.75, 3.05) is 18.6 Å². The first-order valence-corrected chi connectivity index (χ1v) is 9.74. The van der Waals surface area contributed by atoms with E-state index >= 15 is 0 Å². The Balaban J connectivity index is 3.45. The van der Waals surface area contributed by atoms with E-state index < -0.39 is 19.9 Å². The van der Waals surface area contributed by atoms with Crippen molar-refractivity contribution < 1.29 is 16.8 Å². The zero-order valence-electron chi connectivity index (χ0n) is 11.0. The van der Waals surface area contributed by atoms with Crippen LogP contribution in [0.2, 0.25) is 0 Å². The average molecular weight is 323 g/mol. The summed E-state index contributed by atoms with van der Waals surface area (Å²) in [5, 5.41) is 0. The molecule has 19 heavy (non-hydrogen) atoms. The Morgan fingerprint density at radius 1 is 1.05 bits per heavy atom. The number of nitrogens with zero attached hydrogens (tertiary/aromatic N) is 1. The second-order valence-corrected chi connectivity index (χ2v) is 9.48. The largest absolute Gasteiger partial charge is 0.253 e. The van der Waals surface area contributed by atoms with Crippen molar-refractivity contribution in [2.45, 2.75) is 23.6 Å². The third-order valence-corrected chi connectivity index (χ3v) is 7.52. The Labute approximate surface area is 119 Å². The molecule has 0 N–H and O–H groups in total. The van der Waals surface area contributed by atoms with E-state index in [4.69, 9.17) is 0 Å². The number of sulfone groups is 1. The molecule has 0 saturated heterocycles. The van der Waals surface area contributed by atoms with Gasteiger partial charge in [0.2, 0.25) is 0 Å². The molecule has 0 aromatic heterocycles. The lowest BCUT2D eigenvalue weighted by Crippen LogP contribution is -2.23. The third-order valence-electron chi connectivity index (χ3n) is 2.49. The maximum atomic E-state index is 12.3. The predicted molar refractivity (Wildman–Crippen MR) is 77.2 cm³/mol. The second kappa shape index (κ2) is 6.25. The summed E-state index contributed by atoms with van der Waals surface area (Å²) in [6.45, 7) is 3.31. The van der Waals surface area contributed by atoms with Crippen molar-refractivity contribution in [1.29, 1.82) is 0 Å². The molecule has 0 radical (unpaired) electrons. The lowest BCUT2D eigenvalue weighted by Gasteiger charge is -2.17. The molecule has 0 fully saturated rings. The Kier molecular flexibility index (Phi) is 5.43. The lowest BCUT2D eigenvalue weighted by molar-refractivity contribution is 0.558. The van der Waals surface area contributed by atoms with E-state index in [1.807, 2.05) is 6.92 Å². The molecule has 1 rings (SSSR count). The van der Waals surface area contributed by atoms with Gasteiger partial charge >= 0.3 is 0 Å². The average Bonchev–Trinajstić information content (AvgIpc) is 2.39. The summed E-state index contributed by atoms with van der Waals surface area (Å²) in [7, 11) is -5.97.